The Morgan fingerprint density at radius 2 is 1.76 bits per heavy atom. The van der Waals surface area contributed by atoms with Crippen LogP contribution in [-0.2, 0) is 0 Å². The highest BCUT2D eigenvalue weighted by molar-refractivity contribution is 9.10. The average Bonchev–Trinajstić information content (AvgIpc) is 3.10. The van der Waals surface area contributed by atoms with E-state index < -0.39 is 0 Å². The zero-order valence-corrected chi connectivity index (χ0v) is 19.3. The molecule has 3 aromatic carbocycles. The van der Waals surface area contributed by atoms with Crippen molar-refractivity contribution in [2.24, 2.45) is 0 Å². The summed E-state index contributed by atoms with van der Waals surface area (Å²) in [4.78, 5) is 22.0. The number of fused-ring (bicyclic) bond motifs is 2. The van der Waals surface area contributed by atoms with Crippen LogP contribution in [0.2, 0.25) is 0 Å². The second-order valence-electron chi connectivity index (χ2n) is 6.93. The molecule has 0 bridgehead atoms. The molecule has 0 aliphatic rings. The van der Waals surface area contributed by atoms with E-state index in [1.54, 1.807) is 16.2 Å². The Morgan fingerprint density at radius 3 is 2.52 bits per heavy atom. The van der Waals surface area contributed by atoms with E-state index in [1.807, 2.05) is 68.7 Å². The number of hydrogen-bond donors (Lipinski definition) is 0. The summed E-state index contributed by atoms with van der Waals surface area (Å²) >= 11 is 5.05. The van der Waals surface area contributed by atoms with Gasteiger partial charge in [0.15, 0.2) is 5.13 Å². The van der Waals surface area contributed by atoms with Crippen LogP contribution < -0.4 is 17.3 Å². The van der Waals surface area contributed by atoms with Gasteiger partial charge >= 0.3 is 0 Å². The van der Waals surface area contributed by atoms with Gasteiger partial charge in [0, 0.05) is 23.1 Å². The second-order valence-corrected chi connectivity index (χ2v) is 8.86. The number of amides is 1. The zero-order chi connectivity index (χ0) is 19.7. The predicted molar refractivity (Wildman–Crippen MR) is 121 cm³/mol. The summed E-state index contributed by atoms with van der Waals surface area (Å²) in [5.74, 6) is -0.0225. The largest absolute Gasteiger partial charge is 1.00 e. The molecule has 4 aromatic rings. The molecule has 1 aromatic heterocycles. The summed E-state index contributed by atoms with van der Waals surface area (Å²) in [6, 6.07) is 19.9. The standard InChI is InChI=1S/C22H20BrN3OS.ClH/c1-25(2)11-12-26(22-24-19-10-9-18(23)14-20(19)28-22)21(27)17-8-7-15-5-3-4-6-16(15)13-17;/h3-10,13-14H,11-12H2,1-2H3;1H/p-1. The fourth-order valence-corrected chi connectivity index (χ4v) is 4.61. The minimum absolute atomic E-state index is 0. The number of hydrogen-bond acceptors (Lipinski definition) is 4. The SMILES string of the molecule is CN(C)CCN(C(=O)c1ccc2ccccc2c1)c1nc2ccc(Br)cc2s1.[Cl-]. The molecule has 1 amide bonds. The van der Waals surface area contributed by atoms with Crippen LogP contribution in [0.1, 0.15) is 10.4 Å². The van der Waals surface area contributed by atoms with Gasteiger partial charge in [-0.05, 0) is 55.2 Å². The Kier molecular flexibility index (Phi) is 6.90. The summed E-state index contributed by atoms with van der Waals surface area (Å²) in [5, 5.41) is 2.92. The molecule has 0 spiro atoms. The lowest BCUT2D eigenvalue weighted by Crippen LogP contribution is -3.00. The maximum Gasteiger partial charge on any atom is 0.260 e. The van der Waals surface area contributed by atoms with Gasteiger partial charge in [-0.2, -0.15) is 0 Å². The summed E-state index contributed by atoms with van der Waals surface area (Å²) in [7, 11) is 4.02. The lowest BCUT2D eigenvalue weighted by molar-refractivity contribution is -0.0000131. The number of halogens is 2. The van der Waals surface area contributed by atoms with E-state index in [0.717, 1.165) is 37.1 Å². The molecule has 0 atom stereocenters. The fraction of sp³-hybridized carbons (Fsp3) is 0.182. The topological polar surface area (TPSA) is 36.4 Å². The molecule has 0 fully saturated rings. The Morgan fingerprint density at radius 1 is 1.00 bits per heavy atom. The van der Waals surface area contributed by atoms with Gasteiger partial charge in [0.05, 0.1) is 10.2 Å². The third kappa shape index (κ3) is 4.78. The first-order chi connectivity index (χ1) is 13.5. The van der Waals surface area contributed by atoms with E-state index in [-0.39, 0.29) is 18.3 Å². The highest BCUT2D eigenvalue weighted by Gasteiger charge is 2.21. The number of aromatic nitrogens is 1. The molecular formula is C22H20BrClN3OS-. The quantitative estimate of drug-likeness (QED) is 0.432. The van der Waals surface area contributed by atoms with Crippen LogP contribution in [0.3, 0.4) is 0 Å². The minimum Gasteiger partial charge on any atom is -1.00 e. The maximum atomic E-state index is 13.4. The smallest absolute Gasteiger partial charge is 0.260 e. The molecule has 0 saturated heterocycles. The first kappa shape index (κ1) is 21.7. The molecule has 0 saturated carbocycles. The van der Waals surface area contributed by atoms with Gasteiger partial charge in [-0.15, -0.1) is 0 Å². The number of rotatable bonds is 5. The summed E-state index contributed by atoms with van der Waals surface area (Å²) < 4.78 is 2.07. The number of benzene rings is 3. The van der Waals surface area contributed by atoms with Gasteiger partial charge < -0.3 is 17.3 Å². The Hall–Kier alpha value is -1.99. The average molecular weight is 490 g/mol. The molecule has 1 heterocycles. The third-order valence-corrected chi connectivity index (χ3v) is 6.12. The summed E-state index contributed by atoms with van der Waals surface area (Å²) in [5.41, 5.74) is 1.59. The molecule has 0 N–H and O–H groups in total. The van der Waals surface area contributed by atoms with Crippen LogP contribution in [0.5, 0.6) is 0 Å². The van der Waals surface area contributed by atoms with Crippen molar-refractivity contribution in [3.63, 3.8) is 0 Å². The van der Waals surface area contributed by atoms with Crippen LogP contribution in [-0.4, -0.2) is 43.0 Å². The van der Waals surface area contributed by atoms with Crippen molar-refractivity contribution in [1.29, 1.82) is 0 Å². The number of carbonyl (C=O) groups excluding carboxylic acids is 1. The monoisotopic (exact) mass is 488 g/mol. The van der Waals surface area contributed by atoms with E-state index >= 15 is 0 Å². The van der Waals surface area contributed by atoms with Gasteiger partial charge in [0.1, 0.15) is 0 Å². The Balaban J connectivity index is 0.00000240. The molecule has 0 aliphatic carbocycles. The first-order valence-corrected chi connectivity index (χ1v) is 10.6. The Labute approximate surface area is 188 Å². The molecule has 0 aliphatic heterocycles. The predicted octanol–water partition coefficient (Wildman–Crippen LogP) is 2.42. The lowest BCUT2D eigenvalue weighted by atomic mass is 10.1. The zero-order valence-electron chi connectivity index (χ0n) is 16.1. The van der Waals surface area contributed by atoms with Crippen molar-refractivity contribution < 1.29 is 17.2 Å². The van der Waals surface area contributed by atoms with E-state index in [0.29, 0.717) is 12.1 Å². The van der Waals surface area contributed by atoms with Crippen LogP contribution >= 0.6 is 27.3 Å². The molecule has 0 unspecified atom stereocenters. The van der Waals surface area contributed by atoms with Crippen LogP contribution in [0, 0.1) is 0 Å². The number of thiazole rings is 1. The molecule has 0 radical (unpaired) electrons. The maximum absolute atomic E-state index is 13.4. The van der Waals surface area contributed by atoms with Crippen LogP contribution in [0.15, 0.2) is 65.1 Å². The van der Waals surface area contributed by atoms with Crippen molar-refractivity contribution in [3.05, 3.63) is 70.7 Å². The first-order valence-electron chi connectivity index (χ1n) is 9.03. The number of anilines is 1. The summed E-state index contributed by atoms with van der Waals surface area (Å²) in [6.45, 7) is 1.35. The van der Waals surface area contributed by atoms with Crippen molar-refractivity contribution in [2.45, 2.75) is 0 Å². The van der Waals surface area contributed by atoms with E-state index in [2.05, 4.69) is 26.9 Å². The molecule has 150 valence electrons. The van der Waals surface area contributed by atoms with Gasteiger partial charge in [0.25, 0.3) is 5.91 Å². The molecule has 29 heavy (non-hydrogen) atoms. The molecule has 4 rings (SSSR count). The van der Waals surface area contributed by atoms with E-state index in [1.165, 1.54) is 0 Å². The lowest BCUT2D eigenvalue weighted by Gasteiger charge is -2.22. The second kappa shape index (κ2) is 9.22. The number of carbonyl (C=O) groups is 1. The van der Waals surface area contributed by atoms with Gasteiger partial charge in [-0.3, -0.25) is 9.69 Å². The van der Waals surface area contributed by atoms with E-state index in [9.17, 15) is 4.79 Å². The fourth-order valence-electron chi connectivity index (χ4n) is 3.06. The van der Waals surface area contributed by atoms with Crippen molar-refractivity contribution in [2.75, 3.05) is 32.1 Å². The number of nitrogens with zero attached hydrogens (tertiary/aromatic N) is 3. The number of likely N-dealkylation sites (N-methyl/N-ethyl adjacent to an activating group) is 1. The van der Waals surface area contributed by atoms with Gasteiger partial charge in [-0.25, -0.2) is 4.98 Å². The van der Waals surface area contributed by atoms with Gasteiger partial charge in [0.2, 0.25) is 0 Å². The normalized spacial score (nSPS) is 11.0. The van der Waals surface area contributed by atoms with Crippen molar-refractivity contribution in [3.8, 4) is 0 Å². The van der Waals surface area contributed by atoms with Crippen molar-refractivity contribution in [1.82, 2.24) is 9.88 Å². The van der Waals surface area contributed by atoms with Crippen LogP contribution in [0.4, 0.5) is 5.13 Å². The highest BCUT2D eigenvalue weighted by atomic mass is 79.9. The van der Waals surface area contributed by atoms with Gasteiger partial charge in [-0.1, -0.05) is 57.6 Å². The van der Waals surface area contributed by atoms with E-state index in [4.69, 9.17) is 4.98 Å². The molecular weight excluding hydrogens is 470 g/mol. The highest BCUT2D eigenvalue weighted by Crippen LogP contribution is 2.32. The summed E-state index contributed by atoms with van der Waals surface area (Å²) in [6.07, 6.45) is 0. The van der Waals surface area contributed by atoms with Crippen molar-refractivity contribution >= 4 is 59.3 Å². The third-order valence-electron chi connectivity index (χ3n) is 4.58. The Bertz CT molecular complexity index is 1160. The molecule has 7 heteroatoms. The minimum atomic E-state index is -0.0225. The molecule has 4 nitrogen and oxygen atoms in total. The van der Waals surface area contributed by atoms with Crippen LogP contribution in [0.25, 0.3) is 21.0 Å².